The highest BCUT2D eigenvalue weighted by molar-refractivity contribution is 7.43. The Labute approximate surface area is 48.3 Å². The minimum Gasteiger partial charge on any atom is -0.271 e. The molecular formula is C4H7NO2P+. The SMILES string of the molecule is O=C1CCC[P+](=O)N1. The number of carbonyl (C=O) groups is 1. The van der Waals surface area contributed by atoms with Gasteiger partial charge in [-0.25, -0.2) is 0 Å². The second-order valence-electron chi connectivity index (χ2n) is 1.74. The van der Waals surface area contributed by atoms with E-state index in [0.29, 0.717) is 12.6 Å². The number of hydrogen-bond acceptors (Lipinski definition) is 2. The lowest BCUT2D eigenvalue weighted by Gasteiger charge is -1.97. The van der Waals surface area contributed by atoms with Gasteiger partial charge in [0.05, 0.1) is 0 Å². The monoisotopic (exact) mass is 132 g/mol. The molecule has 1 N–H and O–H groups in total. The van der Waals surface area contributed by atoms with E-state index in [4.69, 9.17) is 0 Å². The van der Waals surface area contributed by atoms with Crippen molar-refractivity contribution >= 4 is 13.9 Å². The lowest BCUT2D eigenvalue weighted by Crippen LogP contribution is -2.20. The molecule has 0 aromatic carbocycles. The number of carbonyl (C=O) groups excluding carboxylic acids is 1. The summed E-state index contributed by atoms with van der Waals surface area (Å²) in [5.41, 5.74) is 0. The quantitative estimate of drug-likeness (QED) is 0.491. The third kappa shape index (κ3) is 1.27. The summed E-state index contributed by atoms with van der Waals surface area (Å²) in [7, 11) is -1.38. The van der Waals surface area contributed by atoms with E-state index in [1.165, 1.54) is 0 Å². The van der Waals surface area contributed by atoms with Gasteiger partial charge in [-0.3, -0.25) is 4.79 Å². The van der Waals surface area contributed by atoms with Gasteiger partial charge in [0, 0.05) is 12.8 Å². The third-order valence-electron chi connectivity index (χ3n) is 1.01. The van der Waals surface area contributed by atoms with Crippen LogP contribution in [-0.2, 0) is 9.36 Å². The Kier molecular flexibility index (Phi) is 1.59. The van der Waals surface area contributed by atoms with Gasteiger partial charge >= 0.3 is 7.95 Å². The molecule has 0 aromatic heterocycles. The molecular weight excluding hydrogens is 125 g/mol. The first-order valence-electron chi connectivity index (χ1n) is 2.53. The van der Waals surface area contributed by atoms with Crippen molar-refractivity contribution in [3.8, 4) is 0 Å². The maximum absolute atomic E-state index is 10.5. The molecule has 3 nitrogen and oxygen atoms in total. The summed E-state index contributed by atoms with van der Waals surface area (Å²) in [6.07, 6.45) is 1.98. The Morgan fingerprint density at radius 2 is 2.38 bits per heavy atom. The minimum absolute atomic E-state index is 0.0719. The largest absolute Gasteiger partial charge is 0.462 e. The molecule has 1 rings (SSSR count). The van der Waals surface area contributed by atoms with Crippen molar-refractivity contribution in [2.24, 2.45) is 0 Å². The fourth-order valence-corrected chi connectivity index (χ4v) is 1.58. The highest BCUT2D eigenvalue weighted by Crippen LogP contribution is 2.21. The zero-order valence-electron chi connectivity index (χ0n) is 4.39. The fraction of sp³-hybridized carbons (Fsp3) is 0.750. The van der Waals surface area contributed by atoms with E-state index in [-0.39, 0.29) is 5.91 Å². The lowest BCUT2D eigenvalue weighted by molar-refractivity contribution is -0.119. The van der Waals surface area contributed by atoms with Gasteiger partial charge in [-0.2, -0.15) is 0 Å². The van der Waals surface area contributed by atoms with E-state index >= 15 is 0 Å². The van der Waals surface area contributed by atoms with Crippen LogP contribution < -0.4 is 5.09 Å². The Morgan fingerprint density at radius 1 is 1.62 bits per heavy atom. The van der Waals surface area contributed by atoms with Crippen LogP contribution in [0.15, 0.2) is 0 Å². The van der Waals surface area contributed by atoms with Crippen molar-refractivity contribution in [2.75, 3.05) is 6.16 Å². The van der Waals surface area contributed by atoms with Crippen LogP contribution in [0.3, 0.4) is 0 Å². The van der Waals surface area contributed by atoms with Crippen molar-refractivity contribution in [1.29, 1.82) is 0 Å². The summed E-state index contributed by atoms with van der Waals surface area (Å²) in [5.74, 6) is -0.0719. The molecule has 0 radical (unpaired) electrons. The van der Waals surface area contributed by atoms with Crippen LogP contribution in [0.4, 0.5) is 0 Å². The van der Waals surface area contributed by atoms with Gasteiger partial charge in [-0.15, -0.1) is 5.09 Å². The zero-order valence-corrected chi connectivity index (χ0v) is 5.28. The van der Waals surface area contributed by atoms with Gasteiger partial charge in [0.15, 0.2) is 6.16 Å². The Morgan fingerprint density at radius 3 is 2.75 bits per heavy atom. The highest BCUT2D eigenvalue weighted by atomic mass is 31.1. The molecule has 0 aromatic rings. The first-order valence-corrected chi connectivity index (χ1v) is 3.97. The average molecular weight is 132 g/mol. The van der Waals surface area contributed by atoms with Gasteiger partial charge in [-0.1, -0.05) is 0 Å². The predicted octanol–water partition coefficient (Wildman–Crippen LogP) is 0.639. The number of amides is 1. The van der Waals surface area contributed by atoms with E-state index in [1.807, 2.05) is 0 Å². The molecule has 0 bridgehead atoms. The average Bonchev–Trinajstić information content (AvgIpc) is 1.64. The lowest BCUT2D eigenvalue weighted by atomic mass is 10.3. The van der Waals surface area contributed by atoms with E-state index in [9.17, 15) is 9.36 Å². The standard InChI is InChI=1S/C4H6NO2P/c6-4-2-1-3-8(7)5-4/h1-3H2/p+1. The van der Waals surface area contributed by atoms with Crippen molar-refractivity contribution < 1.29 is 9.36 Å². The van der Waals surface area contributed by atoms with Crippen LogP contribution in [-0.4, -0.2) is 12.1 Å². The molecule has 1 heterocycles. The van der Waals surface area contributed by atoms with Crippen LogP contribution in [0.5, 0.6) is 0 Å². The van der Waals surface area contributed by atoms with Crippen molar-refractivity contribution in [2.45, 2.75) is 12.8 Å². The Bertz CT molecular complexity index is 120. The number of rotatable bonds is 0. The van der Waals surface area contributed by atoms with Crippen molar-refractivity contribution in [1.82, 2.24) is 5.09 Å². The van der Waals surface area contributed by atoms with Crippen molar-refractivity contribution in [3.63, 3.8) is 0 Å². The molecule has 4 heteroatoms. The summed E-state index contributed by atoms with van der Waals surface area (Å²) >= 11 is 0. The molecule has 44 valence electrons. The van der Waals surface area contributed by atoms with Crippen LogP contribution in [0.25, 0.3) is 0 Å². The molecule has 1 aliphatic heterocycles. The molecule has 1 amide bonds. The Balaban J connectivity index is 2.45. The molecule has 1 unspecified atom stereocenters. The molecule has 8 heavy (non-hydrogen) atoms. The summed E-state index contributed by atoms with van der Waals surface area (Å²) in [5, 5.41) is 2.35. The second kappa shape index (κ2) is 2.23. The van der Waals surface area contributed by atoms with Gasteiger partial charge in [0.25, 0.3) is 5.91 Å². The number of nitrogens with one attached hydrogen (secondary N) is 1. The minimum atomic E-state index is -1.38. The van der Waals surface area contributed by atoms with Crippen molar-refractivity contribution in [3.05, 3.63) is 0 Å². The van der Waals surface area contributed by atoms with Crippen LogP contribution in [0.2, 0.25) is 0 Å². The molecule has 1 atom stereocenters. The number of hydrogen-bond donors (Lipinski definition) is 1. The predicted molar refractivity (Wildman–Crippen MR) is 29.9 cm³/mol. The molecule has 0 aliphatic carbocycles. The molecule has 1 saturated heterocycles. The normalized spacial score (nSPS) is 25.0. The third-order valence-corrected chi connectivity index (χ3v) is 2.24. The smallest absolute Gasteiger partial charge is 0.271 e. The Hall–Kier alpha value is -0.430. The first kappa shape index (κ1) is 5.70. The fourth-order valence-electron chi connectivity index (χ4n) is 0.634. The first-order chi connectivity index (χ1) is 3.79. The van der Waals surface area contributed by atoms with Crippen LogP contribution >= 0.6 is 7.95 Å². The summed E-state index contributed by atoms with van der Waals surface area (Å²) in [6, 6.07) is 0. The molecule has 0 saturated carbocycles. The topological polar surface area (TPSA) is 46.2 Å². The maximum atomic E-state index is 10.5. The molecule has 1 aliphatic rings. The zero-order chi connectivity index (χ0) is 5.98. The van der Waals surface area contributed by atoms with E-state index in [2.05, 4.69) is 5.09 Å². The summed E-state index contributed by atoms with van der Waals surface area (Å²) in [4.78, 5) is 10.4. The summed E-state index contributed by atoms with van der Waals surface area (Å²) < 4.78 is 10.5. The van der Waals surface area contributed by atoms with Gasteiger partial charge in [0.1, 0.15) is 0 Å². The molecule has 0 spiro atoms. The van der Waals surface area contributed by atoms with Crippen LogP contribution in [0.1, 0.15) is 12.8 Å². The second-order valence-corrected chi connectivity index (χ2v) is 3.17. The maximum Gasteiger partial charge on any atom is 0.462 e. The molecule has 1 fully saturated rings. The van der Waals surface area contributed by atoms with Gasteiger partial charge in [-0.05, 0) is 4.57 Å². The van der Waals surface area contributed by atoms with Gasteiger partial charge < -0.3 is 0 Å². The highest BCUT2D eigenvalue weighted by Gasteiger charge is 2.24. The summed E-state index contributed by atoms with van der Waals surface area (Å²) in [6.45, 7) is 0. The van der Waals surface area contributed by atoms with E-state index < -0.39 is 7.95 Å². The van der Waals surface area contributed by atoms with E-state index in [0.717, 1.165) is 6.42 Å². The van der Waals surface area contributed by atoms with Gasteiger partial charge in [0.2, 0.25) is 0 Å². The van der Waals surface area contributed by atoms with E-state index in [1.54, 1.807) is 0 Å². The van der Waals surface area contributed by atoms with Crippen LogP contribution in [0, 0.1) is 0 Å².